The van der Waals surface area contributed by atoms with Crippen LogP contribution in [0.15, 0.2) is 66.9 Å². The maximum atomic E-state index is 13.2. The van der Waals surface area contributed by atoms with Gasteiger partial charge in [-0.15, -0.1) is 0 Å². The summed E-state index contributed by atoms with van der Waals surface area (Å²) in [6, 6.07) is 16.1. The van der Waals surface area contributed by atoms with Crippen LogP contribution in [0.1, 0.15) is 27.3 Å². The molecule has 8 nitrogen and oxygen atoms in total. The molecule has 4 aromatic rings. The number of nitrogens with zero attached hydrogens (tertiary/aromatic N) is 5. The Hall–Kier alpha value is -4.25. The summed E-state index contributed by atoms with van der Waals surface area (Å²) in [7, 11) is 2.02. The van der Waals surface area contributed by atoms with Crippen molar-refractivity contribution in [2.75, 3.05) is 33.2 Å². The third-order valence-corrected chi connectivity index (χ3v) is 6.80. The van der Waals surface area contributed by atoms with Gasteiger partial charge in [0, 0.05) is 55.8 Å². The average molecular weight is 552 g/mol. The minimum Gasteiger partial charge on any atom is -0.489 e. The smallest absolute Gasteiger partial charge is 0.433 e. The molecule has 5 rings (SSSR count). The van der Waals surface area contributed by atoms with Gasteiger partial charge in [-0.2, -0.15) is 18.3 Å². The van der Waals surface area contributed by atoms with Crippen LogP contribution in [0, 0.1) is 0 Å². The first-order chi connectivity index (χ1) is 19.2. The molecule has 0 unspecified atom stereocenters. The maximum Gasteiger partial charge on any atom is 0.433 e. The lowest BCUT2D eigenvalue weighted by Gasteiger charge is -2.32. The third kappa shape index (κ3) is 6.48. The van der Waals surface area contributed by atoms with Crippen molar-refractivity contribution in [3.8, 4) is 5.75 Å². The highest BCUT2D eigenvalue weighted by molar-refractivity contribution is 5.97. The Kier molecular flexibility index (Phi) is 7.83. The number of halogens is 3. The summed E-state index contributed by atoms with van der Waals surface area (Å²) in [4.78, 5) is 33.4. The summed E-state index contributed by atoms with van der Waals surface area (Å²) in [6.07, 6.45) is -3.16. The maximum absolute atomic E-state index is 13.2. The Morgan fingerprint density at radius 2 is 1.73 bits per heavy atom. The van der Waals surface area contributed by atoms with Gasteiger partial charge in [-0.3, -0.25) is 14.3 Å². The minimum atomic E-state index is -4.66. The molecule has 0 bridgehead atoms. The number of amides is 1. The fourth-order valence-corrected chi connectivity index (χ4v) is 4.55. The molecule has 2 aromatic heterocycles. The van der Waals surface area contributed by atoms with Crippen LogP contribution in [-0.4, -0.2) is 69.5 Å². The van der Waals surface area contributed by atoms with Crippen molar-refractivity contribution < 1.29 is 27.5 Å². The highest BCUT2D eigenvalue weighted by Gasteiger charge is 2.33. The average Bonchev–Trinajstić information content (AvgIpc) is 3.33. The zero-order valence-corrected chi connectivity index (χ0v) is 21.9. The second-order valence-corrected chi connectivity index (χ2v) is 9.81. The number of carbonyl (C=O) groups excluding carboxylic acids is 2. The van der Waals surface area contributed by atoms with Crippen molar-refractivity contribution in [3.05, 3.63) is 89.4 Å². The molecule has 2 aromatic carbocycles. The number of benzene rings is 2. The second-order valence-electron chi connectivity index (χ2n) is 9.81. The van der Waals surface area contributed by atoms with Crippen LogP contribution in [0.25, 0.3) is 10.9 Å². The number of hydrogen-bond donors (Lipinski definition) is 0. The summed E-state index contributed by atoms with van der Waals surface area (Å²) < 4.78 is 47.1. The summed E-state index contributed by atoms with van der Waals surface area (Å²) in [5.41, 5.74) is 0.556. The first kappa shape index (κ1) is 27.3. The quantitative estimate of drug-likeness (QED) is 0.305. The molecule has 0 saturated carbocycles. The fraction of sp³-hybridized carbons (Fsp3) is 0.310. The van der Waals surface area contributed by atoms with E-state index in [4.69, 9.17) is 4.74 Å². The van der Waals surface area contributed by atoms with E-state index in [1.165, 1.54) is 12.1 Å². The molecule has 1 aliphatic heterocycles. The second kappa shape index (κ2) is 11.5. The predicted molar refractivity (Wildman–Crippen MR) is 142 cm³/mol. The summed E-state index contributed by atoms with van der Waals surface area (Å²) in [6.45, 7) is 3.23. The van der Waals surface area contributed by atoms with Gasteiger partial charge in [-0.25, -0.2) is 4.98 Å². The molecule has 0 N–H and O–H groups in total. The lowest BCUT2D eigenvalue weighted by atomic mass is 10.0. The number of carbonyl (C=O) groups is 2. The molecule has 40 heavy (non-hydrogen) atoms. The van der Waals surface area contributed by atoms with E-state index in [0.717, 1.165) is 24.7 Å². The standard InChI is InChI=1S/C29H28F3N5O3/c1-35-10-12-36(13-11-35)28(39)18-37-17-22-14-21(15-25(38)23-8-5-9-27(33-23)29(30,31)32)26(16-24(22)34-37)40-19-20-6-3-2-4-7-20/h2-9,14,16-17H,10-13,15,18-19H2,1H3. The Balaban J connectivity index is 1.41. The van der Waals surface area contributed by atoms with E-state index in [1.807, 2.05) is 42.3 Å². The number of rotatable bonds is 8. The Morgan fingerprint density at radius 3 is 2.45 bits per heavy atom. The molecule has 0 atom stereocenters. The number of alkyl halides is 3. The largest absolute Gasteiger partial charge is 0.489 e. The first-order valence-corrected chi connectivity index (χ1v) is 12.9. The minimum absolute atomic E-state index is 0.0347. The van der Waals surface area contributed by atoms with Gasteiger partial charge in [0.05, 0.1) is 5.52 Å². The molecule has 0 radical (unpaired) electrons. The molecule has 0 aliphatic carbocycles. The van der Waals surface area contributed by atoms with Gasteiger partial charge in [0.25, 0.3) is 0 Å². The molecule has 3 heterocycles. The fourth-order valence-electron chi connectivity index (χ4n) is 4.55. The van der Waals surface area contributed by atoms with Crippen molar-refractivity contribution in [2.45, 2.75) is 25.7 Å². The van der Waals surface area contributed by atoms with Crippen LogP contribution in [0.4, 0.5) is 13.2 Å². The van der Waals surface area contributed by atoms with E-state index in [9.17, 15) is 22.8 Å². The van der Waals surface area contributed by atoms with Crippen LogP contribution < -0.4 is 4.74 Å². The monoisotopic (exact) mass is 551 g/mol. The van der Waals surface area contributed by atoms with E-state index >= 15 is 0 Å². The molecule has 1 saturated heterocycles. The van der Waals surface area contributed by atoms with Crippen LogP contribution in [0.2, 0.25) is 0 Å². The van der Waals surface area contributed by atoms with E-state index in [2.05, 4.69) is 15.0 Å². The number of likely N-dealkylation sites (N-methyl/N-ethyl adjacent to an activating group) is 1. The number of piperazine rings is 1. The van der Waals surface area contributed by atoms with Crippen LogP contribution in [0.3, 0.4) is 0 Å². The highest BCUT2D eigenvalue weighted by Crippen LogP contribution is 2.30. The van der Waals surface area contributed by atoms with Crippen LogP contribution >= 0.6 is 0 Å². The molecule has 208 valence electrons. The zero-order valence-electron chi connectivity index (χ0n) is 21.9. The molecular formula is C29H28F3N5O3. The number of Topliss-reactive ketones (excluding diaryl/α,β-unsaturated/α-hetero) is 1. The highest BCUT2D eigenvalue weighted by atomic mass is 19.4. The number of ketones is 1. The van der Waals surface area contributed by atoms with Gasteiger partial charge in [0.1, 0.15) is 30.3 Å². The van der Waals surface area contributed by atoms with Gasteiger partial charge in [-0.05, 0) is 30.8 Å². The van der Waals surface area contributed by atoms with Crippen molar-refractivity contribution in [1.82, 2.24) is 24.6 Å². The van der Waals surface area contributed by atoms with Crippen LogP contribution in [0.5, 0.6) is 5.75 Å². The van der Waals surface area contributed by atoms with Gasteiger partial charge in [0.15, 0.2) is 5.78 Å². The van der Waals surface area contributed by atoms with E-state index in [0.29, 0.717) is 35.3 Å². The molecule has 0 spiro atoms. The van der Waals surface area contributed by atoms with E-state index in [-0.39, 0.29) is 31.2 Å². The molecule has 11 heteroatoms. The van der Waals surface area contributed by atoms with E-state index < -0.39 is 17.7 Å². The first-order valence-electron chi connectivity index (χ1n) is 12.9. The van der Waals surface area contributed by atoms with Gasteiger partial charge in [0.2, 0.25) is 5.91 Å². The van der Waals surface area contributed by atoms with Crippen molar-refractivity contribution in [3.63, 3.8) is 0 Å². The SMILES string of the molecule is CN1CCN(C(=O)Cn2cc3cc(CC(=O)c4cccc(C(F)(F)F)n4)c(OCc4ccccc4)cc3n2)CC1. The predicted octanol–water partition coefficient (Wildman–Crippen LogP) is 4.23. The van der Waals surface area contributed by atoms with E-state index in [1.54, 1.807) is 23.0 Å². The molecule has 1 amide bonds. The van der Waals surface area contributed by atoms with Crippen molar-refractivity contribution >= 4 is 22.6 Å². The molecular weight excluding hydrogens is 523 g/mol. The summed E-state index contributed by atoms with van der Waals surface area (Å²) >= 11 is 0. The van der Waals surface area contributed by atoms with Gasteiger partial charge < -0.3 is 14.5 Å². The Bertz CT molecular complexity index is 1510. The summed E-state index contributed by atoms with van der Waals surface area (Å²) in [5, 5.41) is 5.23. The normalized spacial score (nSPS) is 14.4. The zero-order chi connectivity index (χ0) is 28.3. The third-order valence-electron chi connectivity index (χ3n) is 6.80. The number of aromatic nitrogens is 3. The number of fused-ring (bicyclic) bond motifs is 1. The van der Waals surface area contributed by atoms with Crippen LogP contribution in [-0.2, 0) is 30.5 Å². The Labute approximate surface area is 229 Å². The number of pyridine rings is 1. The van der Waals surface area contributed by atoms with Crippen molar-refractivity contribution in [1.29, 1.82) is 0 Å². The van der Waals surface area contributed by atoms with Gasteiger partial charge >= 0.3 is 6.18 Å². The topological polar surface area (TPSA) is 80.6 Å². The lowest BCUT2D eigenvalue weighted by Crippen LogP contribution is -2.48. The van der Waals surface area contributed by atoms with Gasteiger partial charge in [-0.1, -0.05) is 36.4 Å². The Morgan fingerprint density at radius 1 is 0.975 bits per heavy atom. The number of hydrogen-bond acceptors (Lipinski definition) is 6. The molecule has 1 fully saturated rings. The lowest BCUT2D eigenvalue weighted by molar-refractivity contribution is -0.141. The van der Waals surface area contributed by atoms with Crippen molar-refractivity contribution in [2.24, 2.45) is 0 Å². The molecule has 1 aliphatic rings. The number of ether oxygens (including phenoxy) is 1. The summed E-state index contributed by atoms with van der Waals surface area (Å²) in [5.74, 6) is -0.229.